The van der Waals surface area contributed by atoms with Crippen LogP contribution in [-0.4, -0.2) is 83.4 Å². The average molecular weight is 1200 g/mol. The molecule has 2 rings (SSSR count). The molecule has 0 heterocycles. The standard InChI is InChI=1S/C70H106O16/c1-9-17-25-33-43-55(81-59(71)47-29-21-13-5)65(75)51-39-37-41-53(63(51)67(77)57(45-35-27-19-11-3)83-61(73)49-31-23-15-7)69(79)85-86-70(80)54-42-38-40-52(66(76)56(44-34-26-18-10-2)82-60(72)48-30-22-14-6)64(54)68(78)58(46-36-28-20-12-4)84-62(74)50-32-24-16-8/h37-42,55-58H,9-36,43-50H2,1-8H3. The molecule has 0 bridgehead atoms. The van der Waals surface area contributed by atoms with Crippen molar-refractivity contribution in [3.8, 4) is 0 Å². The summed E-state index contributed by atoms with van der Waals surface area (Å²) in [5.74, 6) is -8.66. The highest BCUT2D eigenvalue weighted by Gasteiger charge is 2.38. The van der Waals surface area contributed by atoms with Crippen molar-refractivity contribution in [3.05, 3.63) is 69.8 Å². The highest BCUT2D eigenvalue weighted by molar-refractivity contribution is 6.18. The van der Waals surface area contributed by atoms with E-state index in [2.05, 4.69) is 0 Å². The van der Waals surface area contributed by atoms with Gasteiger partial charge in [-0.3, -0.25) is 38.4 Å². The zero-order valence-corrected chi connectivity index (χ0v) is 53.8. The van der Waals surface area contributed by atoms with E-state index in [1.165, 1.54) is 36.4 Å². The number of Topliss-reactive ketones (excluding diaryl/α,β-unsaturated/α-hetero) is 4. The van der Waals surface area contributed by atoms with Crippen LogP contribution in [0.3, 0.4) is 0 Å². The fourth-order valence-electron chi connectivity index (χ4n) is 10.2. The molecule has 0 radical (unpaired) electrons. The third-order valence-corrected chi connectivity index (χ3v) is 15.3. The largest absolute Gasteiger partial charge is 0.454 e. The van der Waals surface area contributed by atoms with Crippen molar-refractivity contribution in [2.75, 3.05) is 0 Å². The predicted molar refractivity (Wildman–Crippen MR) is 332 cm³/mol. The molecule has 0 N–H and O–H groups in total. The number of carbonyl (C=O) groups is 10. The van der Waals surface area contributed by atoms with Crippen molar-refractivity contribution in [1.29, 1.82) is 0 Å². The number of hydrogen-bond donors (Lipinski definition) is 0. The number of carbonyl (C=O) groups excluding carboxylic acids is 10. The molecule has 2 aromatic carbocycles. The Balaban J connectivity index is 2.97. The van der Waals surface area contributed by atoms with Gasteiger partial charge >= 0.3 is 35.8 Å². The molecule has 2 aromatic rings. The second-order valence-corrected chi connectivity index (χ2v) is 22.8. The van der Waals surface area contributed by atoms with E-state index in [9.17, 15) is 38.4 Å². The molecule has 86 heavy (non-hydrogen) atoms. The second kappa shape index (κ2) is 46.1. The maximum atomic E-state index is 15.2. The van der Waals surface area contributed by atoms with Crippen molar-refractivity contribution in [2.24, 2.45) is 0 Å². The summed E-state index contributed by atoms with van der Waals surface area (Å²) in [6.07, 6.45) is 15.0. The van der Waals surface area contributed by atoms with E-state index in [1.807, 2.05) is 55.4 Å². The van der Waals surface area contributed by atoms with Gasteiger partial charge in [-0.05, 0) is 89.2 Å². The van der Waals surface area contributed by atoms with Gasteiger partial charge in [0.2, 0.25) is 23.1 Å². The molecule has 0 spiro atoms. The fourth-order valence-corrected chi connectivity index (χ4v) is 10.2. The first-order valence-electron chi connectivity index (χ1n) is 33.2. The predicted octanol–water partition coefficient (Wildman–Crippen LogP) is 17.2. The van der Waals surface area contributed by atoms with Gasteiger partial charge in [-0.1, -0.05) is 208 Å². The zero-order valence-electron chi connectivity index (χ0n) is 53.8. The number of ketones is 4. The monoisotopic (exact) mass is 1200 g/mol. The van der Waals surface area contributed by atoms with Gasteiger partial charge in [0.05, 0.1) is 11.1 Å². The summed E-state index contributed by atoms with van der Waals surface area (Å²) in [5, 5.41) is 0. The van der Waals surface area contributed by atoms with E-state index >= 15 is 9.59 Å². The van der Waals surface area contributed by atoms with Crippen LogP contribution in [0.25, 0.3) is 0 Å². The number of benzene rings is 2. The zero-order chi connectivity index (χ0) is 63.5. The van der Waals surface area contributed by atoms with Crippen LogP contribution in [0, 0.1) is 0 Å². The van der Waals surface area contributed by atoms with Crippen LogP contribution in [-0.2, 0) is 47.9 Å². The molecule has 0 aliphatic rings. The quantitative estimate of drug-likeness (QED) is 0.0150. The molecule has 482 valence electrons. The van der Waals surface area contributed by atoms with Crippen LogP contribution in [0.15, 0.2) is 36.4 Å². The third-order valence-electron chi connectivity index (χ3n) is 15.3. The lowest BCUT2D eigenvalue weighted by Crippen LogP contribution is -2.34. The van der Waals surface area contributed by atoms with Crippen LogP contribution >= 0.6 is 0 Å². The van der Waals surface area contributed by atoms with Gasteiger partial charge < -0.3 is 18.9 Å². The van der Waals surface area contributed by atoms with E-state index < -0.39 is 106 Å². The molecule has 0 fully saturated rings. The summed E-state index contributed by atoms with van der Waals surface area (Å²) >= 11 is 0. The van der Waals surface area contributed by atoms with Gasteiger partial charge in [0.15, 0.2) is 24.4 Å². The van der Waals surface area contributed by atoms with Gasteiger partial charge in [0, 0.05) is 47.9 Å². The van der Waals surface area contributed by atoms with Crippen molar-refractivity contribution in [1.82, 2.24) is 0 Å². The molecule has 0 saturated heterocycles. The van der Waals surface area contributed by atoms with E-state index in [1.54, 1.807) is 0 Å². The van der Waals surface area contributed by atoms with E-state index in [0.29, 0.717) is 64.2 Å². The molecule has 4 unspecified atom stereocenters. The maximum absolute atomic E-state index is 15.2. The average Bonchev–Trinajstić information content (AvgIpc) is 1.14. The summed E-state index contributed by atoms with van der Waals surface area (Å²) in [5.41, 5.74) is -2.68. The molecular weight excluding hydrogens is 1100 g/mol. The lowest BCUT2D eigenvalue weighted by molar-refractivity contribution is -0.187. The summed E-state index contributed by atoms with van der Waals surface area (Å²) in [6, 6.07) is 7.71. The topological polar surface area (TPSA) is 226 Å². The van der Waals surface area contributed by atoms with Crippen molar-refractivity contribution < 1.29 is 76.7 Å². The Hall–Kier alpha value is -6.06. The Morgan fingerprint density at radius 3 is 0.744 bits per heavy atom. The van der Waals surface area contributed by atoms with Gasteiger partial charge in [-0.25, -0.2) is 19.4 Å². The first-order valence-corrected chi connectivity index (χ1v) is 33.2. The van der Waals surface area contributed by atoms with Crippen molar-refractivity contribution in [2.45, 2.75) is 311 Å². The minimum Gasteiger partial charge on any atom is -0.454 e. The molecule has 0 aromatic heterocycles. The Bertz CT molecular complexity index is 2220. The molecule has 0 aliphatic heterocycles. The van der Waals surface area contributed by atoms with Crippen LogP contribution in [0.4, 0.5) is 0 Å². The highest BCUT2D eigenvalue weighted by Crippen LogP contribution is 2.29. The molecule has 0 amide bonds. The van der Waals surface area contributed by atoms with Crippen LogP contribution < -0.4 is 0 Å². The Kier molecular flexibility index (Phi) is 40.8. The normalized spacial score (nSPS) is 12.5. The number of hydrogen-bond acceptors (Lipinski definition) is 16. The first-order chi connectivity index (χ1) is 41.6. The molecule has 16 nitrogen and oxygen atoms in total. The molecular formula is C70H106O16. The summed E-state index contributed by atoms with van der Waals surface area (Å²) < 4.78 is 23.6. The molecule has 16 heteroatoms. The SMILES string of the molecule is CCCCCCC(OC(=O)CCCCC)C(=O)c1cccc(C(=O)OOC(=O)c2cccc(C(=O)C(CCCCCC)OC(=O)CCCCC)c2C(=O)C(CCCCCC)OC(=O)CCCCC)c1C(=O)C(CCCCCC)OC(=O)CCCCC. The Labute approximate surface area is 514 Å². The van der Waals surface area contributed by atoms with E-state index in [0.717, 1.165) is 116 Å². The van der Waals surface area contributed by atoms with Gasteiger partial charge in [-0.15, -0.1) is 0 Å². The van der Waals surface area contributed by atoms with Crippen LogP contribution in [0.5, 0.6) is 0 Å². The van der Waals surface area contributed by atoms with Gasteiger partial charge in [0.1, 0.15) is 0 Å². The number of ether oxygens (including phenoxy) is 4. The summed E-state index contributed by atoms with van der Waals surface area (Å²) in [7, 11) is 0. The maximum Gasteiger partial charge on any atom is 0.387 e. The number of rotatable bonds is 50. The van der Waals surface area contributed by atoms with Gasteiger partial charge in [0.25, 0.3) is 0 Å². The molecule has 0 saturated carbocycles. The second-order valence-electron chi connectivity index (χ2n) is 22.8. The lowest BCUT2D eigenvalue weighted by Gasteiger charge is -2.23. The molecule has 0 aliphatic carbocycles. The van der Waals surface area contributed by atoms with E-state index in [4.69, 9.17) is 28.7 Å². The van der Waals surface area contributed by atoms with Crippen molar-refractivity contribution in [3.63, 3.8) is 0 Å². The third kappa shape index (κ3) is 28.6. The summed E-state index contributed by atoms with van der Waals surface area (Å²) in [4.78, 5) is 154. The van der Waals surface area contributed by atoms with Gasteiger partial charge in [-0.2, -0.15) is 0 Å². The number of esters is 4. The Morgan fingerprint density at radius 2 is 0.500 bits per heavy atom. The smallest absolute Gasteiger partial charge is 0.387 e. The Morgan fingerprint density at radius 1 is 0.279 bits per heavy atom. The number of unbranched alkanes of at least 4 members (excludes halogenated alkanes) is 20. The first kappa shape index (κ1) is 76.0. The minimum atomic E-state index is -1.46. The minimum absolute atomic E-state index is 0.0217. The van der Waals surface area contributed by atoms with Crippen LogP contribution in [0.1, 0.15) is 349 Å². The lowest BCUT2D eigenvalue weighted by atomic mass is 9.88. The van der Waals surface area contributed by atoms with E-state index in [-0.39, 0.29) is 62.5 Å². The van der Waals surface area contributed by atoms with Crippen molar-refractivity contribution >= 4 is 58.9 Å². The fraction of sp³-hybridized carbons (Fsp3) is 0.686. The summed E-state index contributed by atoms with van der Waals surface area (Å²) in [6.45, 7) is 16.1. The van der Waals surface area contributed by atoms with Crippen LogP contribution in [0.2, 0.25) is 0 Å². The molecule has 4 atom stereocenters. The highest BCUT2D eigenvalue weighted by atomic mass is 17.2.